The predicted molar refractivity (Wildman–Crippen MR) is 104 cm³/mol. The third-order valence-corrected chi connectivity index (χ3v) is 6.14. The highest BCUT2D eigenvalue weighted by atomic mass is 32.1. The lowest BCUT2D eigenvalue weighted by atomic mass is 10.1. The first kappa shape index (κ1) is 17.2. The third kappa shape index (κ3) is 3.80. The van der Waals surface area contributed by atoms with E-state index in [2.05, 4.69) is 52.8 Å². The predicted octanol–water partition coefficient (Wildman–Crippen LogP) is 0.922. The number of methoxy groups -OCH3 is 1. The summed E-state index contributed by atoms with van der Waals surface area (Å²) in [5.74, 6) is 0.894. The van der Waals surface area contributed by atoms with Gasteiger partial charge in [-0.1, -0.05) is 30.3 Å². The number of benzene rings is 2. The fourth-order valence-electron chi connectivity index (χ4n) is 3.49. The standard InChI is InChI=1S/C21H23N3OS/c1-25-18-9-7-17(8-10-18)20-19(15-16-5-3-2-4-6-16)26-21(23-20)24-13-11-22-12-14-24/h2-10,22H,11-15H2,1H3/p+3. The molecule has 0 radical (unpaired) electrons. The molecule has 0 saturated carbocycles. The molecule has 0 aliphatic carbocycles. The van der Waals surface area contributed by atoms with Gasteiger partial charge in [0.2, 0.25) is 5.69 Å². The largest absolute Gasteiger partial charge is 0.497 e. The second kappa shape index (κ2) is 7.99. The molecule has 2 heterocycles. The molecule has 1 fully saturated rings. The van der Waals surface area contributed by atoms with Crippen LogP contribution in [-0.2, 0) is 6.42 Å². The van der Waals surface area contributed by atoms with Crippen molar-refractivity contribution in [3.05, 3.63) is 65.0 Å². The number of H-pyrrole nitrogens is 1. The van der Waals surface area contributed by atoms with Gasteiger partial charge in [-0.2, -0.15) is 0 Å². The third-order valence-electron chi connectivity index (χ3n) is 4.95. The number of hydrogen-bond donors (Lipinski definition) is 2. The van der Waals surface area contributed by atoms with Crippen LogP contribution in [0.5, 0.6) is 5.75 Å². The lowest BCUT2D eigenvalue weighted by molar-refractivity contribution is -0.915. The maximum absolute atomic E-state index is 5.32. The average molecular weight is 369 g/mol. The first-order valence-corrected chi connectivity index (χ1v) is 10.0. The number of thiazole rings is 1. The minimum absolute atomic E-state index is 0.894. The van der Waals surface area contributed by atoms with Crippen molar-refractivity contribution >= 4 is 16.5 Å². The van der Waals surface area contributed by atoms with E-state index in [9.17, 15) is 0 Å². The maximum Gasteiger partial charge on any atom is 0.427 e. The number of piperazine rings is 1. The topological polar surface area (TPSA) is 44.4 Å². The first-order chi connectivity index (χ1) is 12.8. The van der Waals surface area contributed by atoms with Gasteiger partial charge < -0.3 is 10.1 Å². The van der Waals surface area contributed by atoms with Gasteiger partial charge in [0.05, 0.1) is 12.0 Å². The average Bonchev–Trinajstić information content (AvgIpc) is 3.13. The van der Waals surface area contributed by atoms with Crippen LogP contribution >= 0.6 is 11.3 Å². The van der Waals surface area contributed by atoms with E-state index in [0.717, 1.165) is 12.2 Å². The van der Waals surface area contributed by atoms with Gasteiger partial charge in [0.25, 0.3) is 0 Å². The molecule has 4 nitrogen and oxygen atoms in total. The van der Waals surface area contributed by atoms with Gasteiger partial charge in [0, 0.05) is 12.0 Å². The molecule has 2 aromatic carbocycles. The highest BCUT2D eigenvalue weighted by Crippen LogP contribution is 2.29. The molecule has 1 saturated heterocycles. The van der Waals surface area contributed by atoms with Crippen molar-refractivity contribution in [2.45, 2.75) is 6.42 Å². The minimum atomic E-state index is 0.894. The van der Waals surface area contributed by atoms with Crippen LogP contribution in [0.1, 0.15) is 10.4 Å². The van der Waals surface area contributed by atoms with Crippen molar-refractivity contribution < 1.29 is 19.9 Å². The second-order valence-corrected chi connectivity index (χ2v) is 7.82. The summed E-state index contributed by atoms with van der Waals surface area (Å²) >= 11 is 1.93. The summed E-state index contributed by atoms with van der Waals surface area (Å²) in [7, 11) is 1.71. The molecule has 0 bridgehead atoms. The Bertz CT molecular complexity index is 839. The van der Waals surface area contributed by atoms with E-state index in [-0.39, 0.29) is 0 Å². The van der Waals surface area contributed by atoms with E-state index in [1.807, 2.05) is 23.5 Å². The molecular weight excluding hydrogens is 342 g/mol. The Balaban J connectivity index is 1.70. The number of aromatic amines is 1. The minimum Gasteiger partial charge on any atom is -0.497 e. The van der Waals surface area contributed by atoms with Crippen LogP contribution in [0, 0.1) is 0 Å². The summed E-state index contributed by atoms with van der Waals surface area (Å²) in [5.41, 5.74) is 3.83. The summed E-state index contributed by atoms with van der Waals surface area (Å²) in [6.07, 6.45) is 0.961. The van der Waals surface area contributed by atoms with Crippen LogP contribution in [0.15, 0.2) is 54.6 Å². The van der Waals surface area contributed by atoms with Crippen molar-refractivity contribution in [3.8, 4) is 17.0 Å². The van der Waals surface area contributed by atoms with Gasteiger partial charge in [-0.3, -0.25) is 0 Å². The van der Waals surface area contributed by atoms with Crippen LogP contribution in [0.2, 0.25) is 0 Å². The molecule has 4 N–H and O–H groups in total. The summed E-state index contributed by atoms with van der Waals surface area (Å²) in [6.45, 7) is 4.77. The van der Waals surface area contributed by atoms with E-state index in [1.54, 1.807) is 12.0 Å². The van der Waals surface area contributed by atoms with Gasteiger partial charge in [0.15, 0.2) is 0 Å². The molecule has 134 valence electrons. The van der Waals surface area contributed by atoms with Crippen molar-refractivity contribution in [3.63, 3.8) is 0 Å². The summed E-state index contributed by atoms with van der Waals surface area (Å²) in [5, 5.41) is 3.77. The number of hydrogen-bond acceptors (Lipinski definition) is 2. The Labute approximate surface area is 158 Å². The highest BCUT2D eigenvalue weighted by Gasteiger charge is 2.30. The molecule has 0 unspecified atom stereocenters. The number of rotatable bonds is 5. The summed E-state index contributed by atoms with van der Waals surface area (Å²) < 4.78 is 5.32. The molecule has 26 heavy (non-hydrogen) atoms. The Hall–Kier alpha value is -2.21. The van der Waals surface area contributed by atoms with Crippen molar-refractivity contribution in [1.29, 1.82) is 0 Å². The smallest absolute Gasteiger partial charge is 0.427 e. The number of quaternary nitrogens is 2. The molecule has 0 spiro atoms. The first-order valence-electron chi connectivity index (χ1n) is 9.23. The van der Waals surface area contributed by atoms with Gasteiger partial charge in [-0.05, 0) is 41.2 Å². The zero-order valence-electron chi connectivity index (χ0n) is 15.1. The maximum atomic E-state index is 5.32. The number of ether oxygens (including phenoxy) is 1. The Morgan fingerprint density at radius 1 is 1.04 bits per heavy atom. The molecule has 0 atom stereocenters. The molecule has 5 heteroatoms. The Morgan fingerprint density at radius 2 is 1.77 bits per heavy atom. The Kier molecular flexibility index (Phi) is 5.29. The molecule has 0 amide bonds. The van der Waals surface area contributed by atoms with Crippen molar-refractivity contribution in [1.82, 2.24) is 0 Å². The SMILES string of the molecule is COc1ccc(-c2[nH+]c([NH+]3CC[NH2+]CC3)sc2Cc2ccccc2)cc1. The summed E-state index contributed by atoms with van der Waals surface area (Å²) in [6, 6.07) is 19.1. The lowest BCUT2D eigenvalue weighted by Crippen LogP contribution is -3.17. The summed E-state index contributed by atoms with van der Waals surface area (Å²) in [4.78, 5) is 6.73. The molecule has 1 aliphatic heterocycles. The van der Waals surface area contributed by atoms with Gasteiger partial charge in [-0.25, -0.2) is 4.90 Å². The Morgan fingerprint density at radius 3 is 2.46 bits per heavy atom. The van der Waals surface area contributed by atoms with Crippen LogP contribution in [0.4, 0.5) is 5.13 Å². The molecule has 4 rings (SSSR count). The zero-order valence-corrected chi connectivity index (χ0v) is 15.9. The molecule has 3 aromatic rings. The fourth-order valence-corrected chi connectivity index (χ4v) is 4.75. The zero-order chi connectivity index (χ0) is 17.8. The van der Waals surface area contributed by atoms with E-state index >= 15 is 0 Å². The van der Waals surface area contributed by atoms with Crippen LogP contribution in [0.3, 0.4) is 0 Å². The van der Waals surface area contributed by atoms with E-state index in [4.69, 9.17) is 4.74 Å². The quantitative estimate of drug-likeness (QED) is 0.691. The number of nitrogens with one attached hydrogen (secondary N) is 2. The number of nitrogens with two attached hydrogens (primary N) is 1. The molecule has 1 aromatic heterocycles. The van der Waals surface area contributed by atoms with Gasteiger partial charge in [0.1, 0.15) is 31.9 Å². The normalized spacial score (nSPS) is 15.1. The fraction of sp³-hybridized carbons (Fsp3) is 0.286. The molecule has 1 aliphatic rings. The van der Waals surface area contributed by atoms with Gasteiger partial charge in [-0.15, -0.1) is 4.98 Å². The van der Waals surface area contributed by atoms with Crippen LogP contribution < -0.4 is 19.9 Å². The second-order valence-electron chi connectivity index (χ2n) is 6.71. The monoisotopic (exact) mass is 368 g/mol. The van der Waals surface area contributed by atoms with Crippen molar-refractivity contribution in [2.75, 3.05) is 33.3 Å². The van der Waals surface area contributed by atoms with E-state index < -0.39 is 0 Å². The van der Waals surface area contributed by atoms with E-state index in [1.165, 1.54) is 53.0 Å². The molecular formula is C21H26N3OS+3. The van der Waals surface area contributed by atoms with Crippen molar-refractivity contribution in [2.24, 2.45) is 0 Å². The van der Waals surface area contributed by atoms with E-state index in [0.29, 0.717) is 0 Å². The van der Waals surface area contributed by atoms with Crippen LogP contribution in [0.25, 0.3) is 11.3 Å². The number of aromatic nitrogens is 1. The van der Waals surface area contributed by atoms with Gasteiger partial charge >= 0.3 is 5.13 Å². The van der Waals surface area contributed by atoms with Crippen LogP contribution in [-0.4, -0.2) is 33.3 Å². The lowest BCUT2D eigenvalue weighted by Gasteiger charge is -2.15. The highest BCUT2D eigenvalue weighted by molar-refractivity contribution is 7.14.